The number of nitriles is 1. The summed E-state index contributed by atoms with van der Waals surface area (Å²) in [7, 11) is 1.68. The molecular formula is C45H46ClN5O7. The predicted molar refractivity (Wildman–Crippen MR) is 221 cm³/mol. The number of carboxylic acid groups (broad SMARTS) is 1. The van der Waals surface area contributed by atoms with Crippen LogP contribution in [0.3, 0.4) is 0 Å². The van der Waals surface area contributed by atoms with Gasteiger partial charge in [0.15, 0.2) is 0 Å². The van der Waals surface area contributed by atoms with Crippen LogP contribution in [-0.4, -0.2) is 59.4 Å². The molecule has 2 heterocycles. The van der Waals surface area contributed by atoms with E-state index in [4.69, 9.17) is 25.8 Å². The van der Waals surface area contributed by atoms with Crippen molar-refractivity contribution in [2.75, 3.05) is 20.3 Å². The first-order chi connectivity index (χ1) is 28.1. The minimum absolute atomic E-state index is 0.0411. The summed E-state index contributed by atoms with van der Waals surface area (Å²) in [6.45, 7) is 5.24. The van der Waals surface area contributed by atoms with E-state index < -0.39 is 18.6 Å². The molecule has 0 aliphatic carbocycles. The van der Waals surface area contributed by atoms with E-state index in [0.29, 0.717) is 52.7 Å². The van der Waals surface area contributed by atoms with Gasteiger partial charge in [-0.25, -0.2) is 0 Å². The zero-order valence-corrected chi connectivity index (χ0v) is 33.4. The lowest BCUT2D eigenvalue weighted by atomic mass is 9.89. The van der Waals surface area contributed by atoms with E-state index in [2.05, 4.69) is 83.3 Å². The summed E-state index contributed by atoms with van der Waals surface area (Å²) < 4.78 is 18.3. The van der Waals surface area contributed by atoms with Crippen molar-refractivity contribution in [2.45, 2.75) is 65.1 Å². The lowest BCUT2D eigenvalue weighted by molar-refractivity contribution is -0.140. The van der Waals surface area contributed by atoms with Crippen molar-refractivity contribution in [3.63, 3.8) is 0 Å². The van der Waals surface area contributed by atoms with Gasteiger partial charge in [-0.05, 0) is 77.4 Å². The molecule has 4 aromatic carbocycles. The van der Waals surface area contributed by atoms with Crippen molar-refractivity contribution in [3.8, 4) is 45.6 Å². The minimum Gasteiger partial charge on any atom is -0.496 e. The van der Waals surface area contributed by atoms with Crippen LogP contribution in [-0.2, 0) is 35.9 Å². The number of pyridine rings is 1. The van der Waals surface area contributed by atoms with Gasteiger partial charge in [-0.1, -0.05) is 60.1 Å². The number of nitrogens with zero attached hydrogens (tertiary/aromatic N) is 2. The number of aliphatic carboxylic acids is 1. The van der Waals surface area contributed by atoms with E-state index in [-0.39, 0.29) is 31.7 Å². The highest BCUT2D eigenvalue weighted by molar-refractivity contribution is 6.32. The number of hydrogen-bond acceptors (Lipinski definition) is 10. The van der Waals surface area contributed by atoms with E-state index in [1.807, 2.05) is 12.1 Å². The van der Waals surface area contributed by atoms with Gasteiger partial charge in [-0.3, -0.25) is 19.9 Å². The molecule has 0 saturated carbocycles. The van der Waals surface area contributed by atoms with Crippen LogP contribution < -0.4 is 30.2 Å². The monoisotopic (exact) mass is 803 g/mol. The number of ether oxygens (including phenoxy) is 3. The Morgan fingerprint density at radius 2 is 1.69 bits per heavy atom. The molecule has 1 aromatic heterocycles. The van der Waals surface area contributed by atoms with Crippen molar-refractivity contribution < 1.29 is 34.0 Å². The van der Waals surface area contributed by atoms with Crippen LogP contribution in [0.1, 0.15) is 51.8 Å². The number of rotatable bonds is 18. The second kappa shape index (κ2) is 19.5. The number of benzene rings is 4. The number of aromatic nitrogens is 1. The first-order valence-electron chi connectivity index (χ1n) is 18.9. The van der Waals surface area contributed by atoms with Gasteiger partial charge < -0.3 is 35.1 Å². The highest BCUT2D eigenvalue weighted by Crippen LogP contribution is 2.38. The Kier molecular flexibility index (Phi) is 14.0. The Labute approximate surface area is 342 Å². The first-order valence-corrected chi connectivity index (χ1v) is 19.3. The van der Waals surface area contributed by atoms with Crippen molar-refractivity contribution in [2.24, 2.45) is 0 Å². The van der Waals surface area contributed by atoms with Crippen LogP contribution in [0.5, 0.6) is 17.2 Å². The summed E-state index contributed by atoms with van der Waals surface area (Å²) in [5.74, 6) is 0.449. The lowest BCUT2D eigenvalue weighted by Gasteiger charge is -2.19. The standard InChI is InChI=1S/C45H46ClN5O7/c1-27-33(26-58-43-17-42(57-25-30-14-29(18-47)19-48-20-30)34(15-39(43)46)22-50-40(24-52)45(54)55)6-4-8-37(27)38-9-5-7-36(28(38)2)31-10-11-32(41(16-31)56-3)21-49-23-35-12-13-44(53)51-35/h4-11,14-17,19-20,35,40,49-50,52H,12-13,21-26H2,1-3H3,(H,51,53)(H,54,55). The van der Waals surface area contributed by atoms with Crippen LogP contribution in [0.15, 0.2) is 85.2 Å². The fraction of sp³-hybridized carbons (Fsp3) is 0.289. The average Bonchev–Trinajstić information content (AvgIpc) is 3.65. The highest BCUT2D eigenvalue weighted by atomic mass is 35.5. The normalized spacial score (nSPS) is 14.1. The third-order valence-electron chi connectivity index (χ3n) is 10.3. The van der Waals surface area contributed by atoms with Crippen molar-refractivity contribution in [1.29, 1.82) is 5.26 Å². The molecule has 6 rings (SSSR count). The van der Waals surface area contributed by atoms with Gasteiger partial charge in [0, 0.05) is 67.2 Å². The summed E-state index contributed by atoms with van der Waals surface area (Å²) in [5, 5.41) is 37.8. The van der Waals surface area contributed by atoms with Gasteiger partial charge in [-0.15, -0.1) is 0 Å². The van der Waals surface area contributed by atoms with Crippen LogP contribution in [0.2, 0.25) is 5.02 Å². The van der Waals surface area contributed by atoms with Gasteiger partial charge in [0.05, 0.1) is 24.3 Å². The average molecular weight is 804 g/mol. The summed E-state index contributed by atoms with van der Waals surface area (Å²) in [6.07, 6.45) is 4.48. The number of aliphatic hydroxyl groups excluding tert-OH is 1. The van der Waals surface area contributed by atoms with E-state index in [1.54, 1.807) is 31.5 Å². The molecule has 0 spiro atoms. The molecular weight excluding hydrogens is 758 g/mol. The van der Waals surface area contributed by atoms with Gasteiger partial charge in [0.1, 0.15) is 42.6 Å². The van der Waals surface area contributed by atoms with Gasteiger partial charge in [-0.2, -0.15) is 5.26 Å². The number of methoxy groups -OCH3 is 1. The number of amides is 1. The first kappa shape index (κ1) is 41.7. The van der Waals surface area contributed by atoms with Crippen LogP contribution in [0.25, 0.3) is 22.3 Å². The summed E-state index contributed by atoms with van der Waals surface area (Å²) in [6, 6.07) is 24.7. The van der Waals surface area contributed by atoms with E-state index in [0.717, 1.165) is 56.7 Å². The predicted octanol–water partition coefficient (Wildman–Crippen LogP) is 6.63. The molecule has 2 unspecified atom stereocenters. The number of carbonyl (C=O) groups is 2. The topological polar surface area (TPSA) is 175 Å². The lowest BCUT2D eigenvalue weighted by Crippen LogP contribution is -2.39. The molecule has 1 fully saturated rings. The molecule has 1 aliphatic rings. The molecule has 5 N–H and O–H groups in total. The zero-order valence-electron chi connectivity index (χ0n) is 32.6. The maximum atomic E-state index is 11.6. The number of carboxylic acids is 1. The Bertz CT molecular complexity index is 2330. The van der Waals surface area contributed by atoms with Crippen LogP contribution in [0, 0.1) is 25.2 Å². The highest BCUT2D eigenvalue weighted by Gasteiger charge is 2.21. The zero-order chi connectivity index (χ0) is 41.2. The minimum atomic E-state index is -1.19. The summed E-state index contributed by atoms with van der Waals surface area (Å²) in [4.78, 5) is 27.2. The van der Waals surface area contributed by atoms with Gasteiger partial charge in [0.2, 0.25) is 5.91 Å². The molecule has 5 aromatic rings. The Morgan fingerprint density at radius 3 is 2.41 bits per heavy atom. The number of aliphatic hydroxyl groups is 1. The number of carbonyl (C=O) groups excluding carboxylic acids is 1. The van der Waals surface area contributed by atoms with Crippen LogP contribution in [0.4, 0.5) is 0 Å². The molecule has 13 heteroatoms. The third kappa shape index (κ3) is 10.1. The van der Waals surface area contributed by atoms with Crippen molar-refractivity contribution in [1.82, 2.24) is 20.9 Å². The number of nitrogens with one attached hydrogen (secondary N) is 3. The fourth-order valence-electron chi connectivity index (χ4n) is 7.01. The molecule has 1 saturated heterocycles. The molecule has 12 nitrogen and oxygen atoms in total. The molecule has 0 radical (unpaired) electrons. The Hall–Kier alpha value is -5.97. The van der Waals surface area contributed by atoms with Crippen molar-refractivity contribution >= 4 is 23.5 Å². The summed E-state index contributed by atoms with van der Waals surface area (Å²) >= 11 is 6.74. The van der Waals surface area contributed by atoms with Crippen molar-refractivity contribution in [3.05, 3.63) is 129 Å². The van der Waals surface area contributed by atoms with E-state index >= 15 is 0 Å². The second-order valence-corrected chi connectivity index (χ2v) is 14.6. The fourth-order valence-corrected chi connectivity index (χ4v) is 7.25. The smallest absolute Gasteiger partial charge is 0.323 e. The number of hydrogen-bond donors (Lipinski definition) is 5. The maximum absolute atomic E-state index is 11.6. The molecule has 0 bridgehead atoms. The SMILES string of the molecule is COc1cc(-c2cccc(-c3cccc(COc4cc(OCc5cncc(C#N)c5)c(CNC(CO)C(=O)O)cc4Cl)c3C)c2C)ccc1CNCC1CCC(=O)N1. The van der Waals surface area contributed by atoms with Gasteiger partial charge >= 0.3 is 5.97 Å². The molecule has 300 valence electrons. The largest absolute Gasteiger partial charge is 0.496 e. The quantitative estimate of drug-likeness (QED) is 0.0644. The Balaban J connectivity index is 1.20. The third-order valence-corrected chi connectivity index (χ3v) is 10.6. The molecule has 2 atom stereocenters. The molecule has 1 amide bonds. The van der Waals surface area contributed by atoms with E-state index in [1.165, 1.54) is 6.20 Å². The van der Waals surface area contributed by atoms with Gasteiger partial charge in [0.25, 0.3) is 0 Å². The van der Waals surface area contributed by atoms with Crippen LogP contribution >= 0.6 is 11.6 Å². The summed E-state index contributed by atoms with van der Waals surface area (Å²) in [5.41, 5.74) is 10.0. The number of halogens is 1. The van der Waals surface area contributed by atoms with E-state index in [9.17, 15) is 25.1 Å². The molecule has 1 aliphatic heterocycles. The molecule has 58 heavy (non-hydrogen) atoms. The second-order valence-electron chi connectivity index (χ2n) is 14.1. The maximum Gasteiger partial charge on any atom is 0.323 e. The Morgan fingerprint density at radius 1 is 0.931 bits per heavy atom.